The molecular formula is C19H19ClFN3O2S. The lowest BCUT2D eigenvalue weighted by molar-refractivity contribution is 0.0956. The molecule has 8 heteroatoms. The van der Waals surface area contributed by atoms with E-state index in [0.717, 1.165) is 17.0 Å². The summed E-state index contributed by atoms with van der Waals surface area (Å²) in [6, 6.07) is 7.63. The first kappa shape index (κ1) is 19.4. The average Bonchev–Trinajstić information content (AvgIpc) is 3.22. The van der Waals surface area contributed by atoms with E-state index in [1.807, 2.05) is 19.2 Å². The molecule has 0 aliphatic carbocycles. The fourth-order valence-electron chi connectivity index (χ4n) is 2.52. The lowest BCUT2D eigenvalue weighted by Gasteiger charge is -2.06. The molecule has 142 valence electrons. The fourth-order valence-corrected chi connectivity index (χ4v) is 3.47. The quantitative estimate of drug-likeness (QED) is 0.633. The van der Waals surface area contributed by atoms with Gasteiger partial charge in [0.05, 0.1) is 27.8 Å². The first-order chi connectivity index (χ1) is 12.9. The summed E-state index contributed by atoms with van der Waals surface area (Å²) in [7, 11) is 0. The van der Waals surface area contributed by atoms with Gasteiger partial charge in [-0.2, -0.15) is 5.10 Å². The maximum atomic E-state index is 12.9. The second kappa shape index (κ2) is 8.54. The van der Waals surface area contributed by atoms with Gasteiger partial charge in [0.25, 0.3) is 5.91 Å². The number of halogens is 2. The highest BCUT2D eigenvalue weighted by Crippen LogP contribution is 2.19. The van der Waals surface area contributed by atoms with Crippen LogP contribution in [0.2, 0.25) is 5.02 Å². The van der Waals surface area contributed by atoms with Crippen molar-refractivity contribution in [3.05, 3.63) is 68.4 Å². The number of nitrogens with one attached hydrogen (secondary N) is 1. The Bertz CT molecular complexity index is 937. The van der Waals surface area contributed by atoms with Crippen LogP contribution in [0.4, 0.5) is 4.39 Å². The number of benzene rings is 1. The summed E-state index contributed by atoms with van der Waals surface area (Å²) in [5.74, 6) is 0.136. The third kappa shape index (κ3) is 4.87. The summed E-state index contributed by atoms with van der Waals surface area (Å²) >= 11 is 7.48. The van der Waals surface area contributed by atoms with Crippen LogP contribution in [0.3, 0.4) is 0 Å². The fraction of sp³-hybridized carbons (Fsp3) is 0.263. The predicted octanol–water partition coefficient (Wildman–Crippen LogP) is 4.36. The Morgan fingerprint density at radius 2 is 2.07 bits per heavy atom. The number of amides is 1. The summed E-state index contributed by atoms with van der Waals surface area (Å²) < 4.78 is 20.3. The molecule has 0 unspecified atom stereocenters. The van der Waals surface area contributed by atoms with Crippen molar-refractivity contribution in [2.75, 3.05) is 6.54 Å². The molecule has 0 saturated carbocycles. The van der Waals surface area contributed by atoms with Gasteiger partial charge in [-0.3, -0.25) is 9.48 Å². The Balaban J connectivity index is 1.49. The summed E-state index contributed by atoms with van der Waals surface area (Å²) in [6.07, 6.45) is 0. The number of carbonyl (C=O) groups excluding carboxylic acids is 1. The minimum atomic E-state index is -0.306. The van der Waals surface area contributed by atoms with Gasteiger partial charge >= 0.3 is 0 Å². The van der Waals surface area contributed by atoms with Gasteiger partial charge in [-0.25, -0.2) is 4.39 Å². The number of hydrogen-bond acceptors (Lipinski definition) is 4. The van der Waals surface area contributed by atoms with Gasteiger partial charge in [0.2, 0.25) is 0 Å². The van der Waals surface area contributed by atoms with Crippen LogP contribution in [0.25, 0.3) is 0 Å². The largest absolute Gasteiger partial charge is 0.489 e. The number of aryl methyl sites for hydroxylation is 1. The molecule has 0 spiro atoms. The van der Waals surface area contributed by atoms with Gasteiger partial charge in [0.1, 0.15) is 18.2 Å². The van der Waals surface area contributed by atoms with E-state index in [9.17, 15) is 9.18 Å². The van der Waals surface area contributed by atoms with E-state index in [1.54, 1.807) is 22.9 Å². The number of nitrogens with zero attached hydrogens (tertiary/aromatic N) is 2. The van der Waals surface area contributed by atoms with Crippen LogP contribution in [-0.4, -0.2) is 22.2 Å². The SMILES string of the molecule is Cc1nn(CCNC(=O)c2cc(COc3ccc(F)cc3)cs2)c(C)c1Cl. The van der Waals surface area contributed by atoms with E-state index in [2.05, 4.69) is 10.4 Å². The van der Waals surface area contributed by atoms with Crippen LogP contribution < -0.4 is 10.1 Å². The standard InChI is InChI=1S/C19H19ClFN3O2S/c1-12-18(20)13(2)24(23-12)8-7-22-19(25)17-9-14(11-27-17)10-26-16-5-3-15(21)4-6-16/h3-6,9,11H,7-8,10H2,1-2H3,(H,22,25). The second-order valence-corrected chi connectivity index (χ2v) is 7.31. The van der Waals surface area contributed by atoms with Crippen molar-refractivity contribution in [3.63, 3.8) is 0 Å². The number of aromatic nitrogens is 2. The van der Waals surface area contributed by atoms with E-state index >= 15 is 0 Å². The molecule has 2 heterocycles. The highest BCUT2D eigenvalue weighted by molar-refractivity contribution is 7.12. The van der Waals surface area contributed by atoms with Gasteiger partial charge in [-0.1, -0.05) is 11.6 Å². The minimum absolute atomic E-state index is 0.138. The predicted molar refractivity (Wildman–Crippen MR) is 104 cm³/mol. The Morgan fingerprint density at radius 3 is 2.74 bits per heavy atom. The second-order valence-electron chi connectivity index (χ2n) is 6.03. The molecule has 0 radical (unpaired) electrons. The van der Waals surface area contributed by atoms with Crippen molar-refractivity contribution < 1.29 is 13.9 Å². The molecule has 3 aromatic rings. The third-order valence-corrected chi connectivity index (χ3v) is 5.52. The van der Waals surface area contributed by atoms with E-state index in [4.69, 9.17) is 16.3 Å². The zero-order chi connectivity index (χ0) is 19.4. The van der Waals surface area contributed by atoms with Crippen LogP contribution in [0.1, 0.15) is 26.6 Å². The Kier molecular flexibility index (Phi) is 6.13. The van der Waals surface area contributed by atoms with E-state index in [-0.39, 0.29) is 11.7 Å². The summed E-state index contributed by atoms with van der Waals surface area (Å²) in [4.78, 5) is 12.9. The molecule has 5 nitrogen and oxygen atoms in total. The van der Waals surface area contributed by atoms with Gasteiger partial charge in [0, 0.05) is 12.1 Å². The third-order valence-electron chi connectivity index (χ3n) is 4.00. The number of rotatable bonds is 7. The molecular weight excluding hydrogens is 389 g/mol. The van der Waals surface area contributed by atoms with Crippen LogP contribution in [0.5, 0.6) is 5.75 Å². The van der Waals surface area contributed by atoms with E-state index in [0.29, 0.717) is 35.3 Å². The molecule has 0 saturated heterocycles. The van der Waals surface area contributed by atoms with Crippen molar-refractivity contribution in [3.8, 4) is 5.75 Å². The Labute approximate surface area is 165 Å². The maximum absolute atomic E-state index is 12.9. The molecule has 2 aromatic heterocycles. The number of ether oxygens (including phenoxy) is 1. The van der Waals surface area contributed by atoms with Crippen molar-refractivity contribution in [2.45, 2.75) is 27.0 Å². The summed E-state index contributed by atoms with van der Waals surface area (Å²) in [5, 5.41) is 9.75. The number of carbonyl (C=O) groups is 1. The molecule has 0 aliphatic heterocycles. The smallest absolute Gasteiger partial charge is 0.261 e. The monoisotopic (exact) mass is 407 g/mol. The normalized spacial score (nSPS) is 10.8. The topological polar surface area (TPSA) is 56.2 Å². The Hall–Kier alpha value is -2.38. The number of thiophene rings is 1. The zero-order valence-electron chi connectivity index (χ0n) is 15.0. The lowest BCUT2D eigenvalue weighted by Crippen LogP contribution is -2.27. The van der Waals surface area contributed by atoms with Crippen molar-refractivity contribution in [1.82, 2.24) is 15.1 Å². The van der Waals surface area contributed by atoms with Crippen molar-refractivity contribution in [2.24, 2.45) is 0 Å². The van der Waals surface area contributed by atoms with Crippen LogP contribution in [-0.2, 0) is 13.2 Å². The van der Waals surface area contributed by atoms with Crippen LogP contribution in [0.15, 0.2) is 35.7 Å². The van der Waals surface area contributed by atoms with E-state index < -0.39 is 0 Å². The molecule has 1 aromatic carbocycles. The molecule has 1 amide bonds. The van der Waals surface area contributed by atoms with Gasteiger partial charge in [-0.05, 0) is 49.6 Å². The number of hydrogen-bond donors (Lipinski definition) is 1. The zero-order valence-corrected chi connectivity index (χ0v) is 16.5. The first-order valence-corrected chi connectivity index (χ1v) is 9.63. The van der Waals surface area contributed by atoms with Gasteiger partial charge < -0.3 is 10.1 Å². The molecule has 0 atom stereocenters. The first-order valence-electron chi connectivity index (χ1n) is 8.37. The summed E-state index contributed by atoms with van der Waals surface area (Å²) in [5.41, 5.74) is 2.56. The molecule has 27 heavy (non-hydrogen) atoms. The highest BCUT2D eigenvalue weighted by atomic mass is 35.5. The molecule has 0 fully saturated rings. The Morgan fingerprint density at radius 1 is 1.33 bits per heavy atom. The van der Waals surface area contributed by atoms with Crippen molar-refractivity contribution >= 4 is 28.8 Å². The van der Waals surface area contributed by atoms with E-state index in [1.165, 1.54) is 23.5 Å². The molecule has 3 rings (SSSR count). The van der Waals surface area contributed by atoms with Crippen molar-refractivity contribution in [1.29, 1.82) is 0 Å². The highest BCUT2D eigenvalue weighted by Gasteiger charge is 2.11. The maximum Gasteiger partial charge on any atom is 0.261 e. The minimum Gasteiger partial charge on any atom is -0.489 e. The molecule has 0 bridgehead atoms. The van der Waals surface area contributed by atoms with Crippen LogP contribution in [0, 0.1) is 19.7 Å². The average molecular weight is 408 g/mol. The summed E-state index contributed by atoms with van der Waals surface area (Å²) in [6.45, 7) is 5.08. The van der Waals surface area contributed by atoms with Gasteiger partial charge in [-0.15, -0.1) is 11.3 Å². The lowest BCUT2D eigenvalue weighted by atomic mass is 10.3. The van der Waals surface area contributed by atoms with Crippen LogP contribution >= 0.6 is 22.9 Å². The van der Waals surface area contributed by atoms with Gasteiger partial charge in [0.15, 0.2) is 0 Å². The molecule has 1 N–H and O–H groups in total. The molecule has 0 aliphatic rings.